The van der Waals surface area contributed by atoms with Crippen molar-refractivity contribution in [1.29, 1.82) is 0 Å². The summed E-state index contributed by atoms with van der Waals surface area (Å²) in [4.78, 5) is 13.2. The van der Waals surface area contributed by atoms with E-state index in [9.17, 15) is 9.36 Å². The predicted octanol–water partition coefficient (Wildman–Crippen LogP) is 5.79. The van der Waals surface area contributed by atoms with Gasteiger partial charge in [0.15, 0.2) is 0 Å². The highest BCUT2D eigenvalue weighted by Crippen LogP contribution is 2.43. The van der Waals surface area contributed by atoms with Gasteiger partial charge in [0.1, 0.15) is 5.78 Å². The molecule has 3 nitrogen and oxygen atoms in total. The van der Waals surface area contributed by atoms with Crippen molar-refractivity contribution in [2.75, 3.05) is 0 Å². The molecule has 3 aromatic carbocycles. The number of hydrogen-bond donors (Lipinski definition) is 1. The molecule has 1 aliphatic carbocycles. The van der Waals surface area contributed by atoms with Gasteiger partial charge in [0.2, 0.25) is 7.29 Å². The van der Waals surface area contributed by atoms with Crippen molar-refractivity contribution in [3.63, 3.8) is 0 Å². The number of hydrogen-bond acceptors (Lipinski definition) is 2. The highest BCUT2D eigenvalue weighted by Gasteiger charge is 2.33. The van der Waals surface area contributed by atoms with Gasteiger partial charge in [0.25, 0.3) is 0 Å². The van der Waals surface area contributed by atoms with Crippen LogP contribution in [0.25, 0.3) is 0 Å². The standard InChI is InChI=1S/C27H30NO2P/c29-27(23-15-7-2-8-16-23)21-26(22-13-5-1-6-14-22)28-31(30,24-17-9-3-10-18-24)25-19-11-4-12-20-25/h1,3-6,9-14,17-20,23,26H,2,7-8,15-16,21H2,(H,28,30). The normalized spacial score (nSPS) is 16.0. The predicted molar refractivity (Wildman–Crippen MR) is 128 cm³/mol. The van der Waals surface area contributed by atoms with Crippen LogP contribution < -0.4 is 15.7 Å². The topological polar surface area (TPSA) is 46.2 Å². The minimum Gasteiger partial charge on any atom is -0.299 e. The minimum absolute atomic E-state index is 0.134. The summed E-state index contributed by atoms with van der Waals surface area (Å²) in [7, 11) is -3.14. The second-order valence-electron chi connectivity index (χ2n) is 8.38. The molecular weight excluding hydrogens is 401 g/mol. The van der Waals surface area contributed by atoms with E-state index >= 15 is 0 Å². The van der Waals surface area contributed by atoms with Gasteiger partial charge in [-0.3, -0.25) is 14.4 Å². The Morgan fingerprint density at radius 2 is 1.26 bits per heavy atom. The summed E-state index contributed by atoms with van der Waals surface area (Å²) in [6, 6.07) is 28.8. The fraction of sp³-hybridized carbons (Fsp3) is 0.296. The van der Waals surface area contributed by atoms with E-state index in [1.165, 1.54) is 6.42 Å². The molecule has 0 bridgehead atoms. The van der Waals surface area contributed by atoms with Crippen molar-refractivity contribution < 1.29 is 9.36 Å². The largest absolute Gasteiger partial charge is 0.299 e. The van der Waals surface area contributed by atoms with E-state index in [0.29, 0.717) is 6.42 Å². The zero-order chi connectivity index (χ0) is 21.5. The summed E-state index contributed by atoms with van der Waals surface area (Å²) >= 11 is 0. The number of Topliss-reactive ketones (excluding diaryl/α,β-unsaturated/α-hetero) is 1. The molecule has 4 rings (SSSR count). The first-order valence-electron chi connectivity index (χ1n) is 11.2. The van der Waals surface area contributed by atoms with Crippen molar-refractivity contribution in [3.8, 4) is 0 Å². The van der Waals surface area contributed by atoms with E-state index in [1.807, 2.05) is 91.0 Å². The lowest BCUT2D eigenvalue weighted by atomic mass is 9.83. The molecule has 0 aliphatic heterocycles. The van der Waals surface area contributed by atoms with Crippen LogP contribution in [-0.4, -0.2) is 5.78 Å². The van der Waals surface area contributed by atoms with E-state index < -0.39 is 7.29 Å². The number of rotatable bonds is 8. The molecule has 3 aromatic rings. The first-order valence-corrected chi connectivity index (χ1v) is 12.9. The Balaban J connectivity index is 1.69. The molecule has 0 heterocycles. The van der Waals surface area contributed by atoms with Crippen molar-refractivity contribution in [2.24, 2.45) is 5.92 Å². The van der Waals surface area contributed by atoms with E-state index in [0.717, 1.165) is 41.9 Å². The SMILES string of the molecule is O=C(CC(NP(=O)(c1ccccc1)c1ccccc1)c1ccccc1)C1CCCCC1. The van der Waals surface area contributed by atoms with Gasteiger partial charge in [0, 0.05) is 29.0 Å². The molecule has 1 N–H and O–H groups in total. The fourth-order valence-corrected chi connectivity index (χ4v) is 6.97. The second kappa shape index (κ2) is 10.2. The number of carbonyl (C=O) groups is 1. The molecule has 1 atom stereocenters. The van der Waals surface area contributed by atoms with Crippen LogP contribution in [0.1, 0.15) is 50.1 Å². The van der Waals surface area contributed by atoms with E-state index in [2.05, 4.69) is 5.09 Å². The van der Waals surface area contributed by atoms with Crippen LogP contribution in [0.5, 0.6) is 0 Å². The zero-order valence-electron chi connectivity index (χ0n) is 17.8. The first kappa shape index (κ1) is 21.7. The minimum atomic E-state index is -3.14. The van der Waals surface area contributed by atoms with Gasteiger partial charge in [-0.05, 0) is 42.7 Å². The molecule has 0 aromatic heterocycles. The maximum absolute atomic E-state index is 14.5. The Bertz CT molecular complexity index is 971. The quantitative estimate of drug-likeness (QED) is 0.460. The highest BCUT2D eigenvalue weighted by atomic mass is 31.2. The Hall–Kier alpha value is -2.48. The number of benzene rings is 3. The molecule has 0 radical (unpaired) electrons. The smallest absolute Gasteiger partial charge is 0.205 e. The maximum Gasteiger partial charge on any atom is 0.205 e. The Morgan fingerprint density at radius 3 is 1.77 bits per heavy atom. The third kappa shape index (κ3) is 5.23. The molecule has 160 valence electrons. The molecule has 1 unspecified atom stereocenters. The summed E-state index contributed by atoms with van der Waals surface area (Å²) in [6.45, 7) is 0. The lowest BCUT2D eigenvalue weighted by Crippen LogP contribution is -2.33. The molecule has 0 saturated heterocycles. The van der Waals surface area contributed by atoms with Crippen LogP contribution in [-0.2, 0) is 9.36 Å². The summed E-state index contributed by atoms with van der Waals surface area (Å²) in [5, 5.41) is 5.00. The van der Waals surface area contributed by atoms with Gasteiger partial charge in [-0.2, -0.15) is 0 Å². The molecular formula is C27H30NO2P. The van der Waals surface area contributed by atoms with Crippen LogP contribution in [0, 0.1) is 5.92 Å². The maximum atomic E-state index is 14.5. The number of nitrogens with one attached hydrogen (secondary N) is 1. The van der Waals surface area contributed by atoms with Gasteiger partial charge in [-0.15, -0.1) is 0 Å². The van der Waals surface area contributed by atoms with Crippen molar-refractivity contribution in [2.45, 2.75) is 44.6 Å². The Morgan fingerprint density at radius 1 is 0.774 bits per heavy atom. The summed E-state index contributed by atoms with van der Waals surface area (Å²) in [5.74, 6) is 0.420. The number of carbonyl (C=O) groups excluding carboxylic acids is 1. The highest BCUT2D eigenvalue weighted by molar-refractivity contribution is 7.76. The monoisotopic (exact) mass is 431 g/mol. The first-order chi connectivity index (χ1) is 15.2. The van der Waals surface area contributed by atoms with Crippen molar-refractivity contribution >= 4 is 23.7 Å². The number of ketones is 1. The van der Waals surface area contributed by atoms with Crippen LogP contribution in [0.4, 0.5) is 0 Å². The van der Waals surface area contributed by atoms with Crippen LogP contribution in [0.3, 0.4) is 0 Å². The summed E-state index contributed by atoms with van der Waals surface area (Å²) < 4.78 is 14.5. The second-order valence-corrected chi connectivity index (χ2v) is 10.9. The fourth-order valence-electron chi connectivity index (χ4n) is 4.51. The zero-order valence-corrected chi connectivity index (χ0v) is 18.7. The average molecular weight is 432 g/mol. The van der Waals surface area contributed by atoms with Gasteiger partial charge >= 0.3 is 0 Å². The van der Waals surface area contributed by atoms with Gasteiger partial charge in [-0.1, -0.05) is 86.0 Å². The molecule has 1 fully saturated rings. The van der Waals surface area contributed by atoms with Crippen LogP contribution >= 0.6 is 7.29 Å². The summed E-state index contributed by atoms with van der Waals surface area (Å²) in [5.41, 5.74) is 0.999. The Kier molecular flexibility index (Phi) is 7.17. The third-order valence-electron chi connectivity index (χ3n) is 6.25. The lowest BCUT2D eigenvalue weighted by molar-refractivity contribution is -0.124. The molecule has 1 aliphatic rings. The van der Waals surface area contributed by atoms with Crippen molar-refractivity contribution in [3.05, 3.63) is 96.6 Å². The molecule has 4 heteroatoms. The van der Waals surface area contributed by atoms with E-state index in [4.69, 9.17) is 0 Å². The van der Waals surface area contributed by atoms with E-state index in [-0.39, 0.29) is 17.7 Å². The summed E-state index contributed by atoms with van der Waals surface area (Å²) in [6.07, 6.45) is 5.81. The molecule has 31 heavy (non-hydrogen) atoms. The Labute approximate surface area is 185 Å². The van der Waals surface area contributed by atoms with Gasteiger partial charge < -0.3 is 0 Å². The van der Waals surface area contributed by atoms with Crippen LogP contribution in [0.2, 0.25) is 0 Å². The molecule has 1 saturated carbocycles. The molecule has 0 spiro atoms. The van der Waals surface area contributed by atoms with Gasteiger partial charge in [-0.25, -0.2) is 0 Å². The van der Waals surface area contributed by atoms with Gasteiger partial charge in [0.05, 0.1) is 0 Å². The lowest BCUT2D eigenvalue weighted by Gasteiger charge is -2.29. The average Bonchev–Trinajstić information content (AvgIpc) is 2.85. The molecule has 0 amide bonds. The van der Waals surface area contributed by atoms with E-state index in [1.54, 1.807) is 0 Å². The van der Waals surface area contributed by atoms with Crippen LogP contribution in [0.15, 0.2) is 91.0 Å². The van der Waals surface area contributed by atoms with Crippen molar-refractivity contribution in [1.82, 2.24) is 5.09 Å². The third-order valence-corrected chi connectivity index (χ3v) is 8.97.